The molecule has 2 aromatic carbocycles. The van der Waals surface area contributed by atoms with E-state index in [-0.39, 0.29) is 11.5 Å². The topological polar surface area (TPSA) is 90.9 Å². The third-order valence-corrected chi connectivity index (χ3v) is 6.00. The molecule has 0 amide bonds. The molecule has 0 saturated heterocycles. The van der Waals surface area contributed by atoms with Gasteiger partial charge in [-0.3, -0.25) is 0 Å². The van der Waals surface area contributed by atoms with E-state index in [0.717, 1.165) is 5.56 Å². The summed E-state index contributed by atoms with van der Waals surface area (Å²) in [4.78, 5) is 11.8. The smallest absolute Gasteiger partial charge is 0.338 e. The van der Waals surface area contributed by atoms with Crippen molar-refractivity contribution in [1.29, 1.82) is 0 Å². The quantitative estimate of drug-likeness (QED) is 0.743. The van der Waals surface area contributed by atoms with E-state index in [2.05, 4.69) is 4.72 Å². The Bertz CT molecular complexity index is 967. The van der Waals surface area contributed by atoms with Crippen LogP contribution in [0.3, 0.4) is 0 Å². The molecular weight excluding hydrogens is 382 g/mol. The molecule has 1 aliphatic rings. The maximum atomic E-state index is 12.8. The zero-order valence-electron chi connectivity index (χ0n) is 16.0. The van der Waals surface area contributed by atoms with Gasteiger partial charge in [-0.2, -0.15) is 0 Å². The van der Waals surface area contributed by atoms with Gasteiger partial charge < -0.3 is 14.2 Å². The van der Waals surface area contributed by atoms with E-state index in [1.807, 2.05) is 0 Å². The molecule has 0 unspecified atom stereocenters. The Kier molecular flexibility index (Phi) is 5.62. The van der Waals surface area contributed by atoms with Crippen LogP contribution in [0.25, 0.3) is 0 Å². The molecule has 28 heavy (non-hydrogen) atoms. The summed E-state index contributed by atoms with van der Waals surface area (Å²) in [5.41, 5.74) is 0.143. The fourth-order valence-corrected chi connectivity index (χ4v) is 4.27. The first-order chi connectivity index (χ1) is 13.2. The molecule has 0 fully saturated rings. The van der Waals surface area contributed by atoms with Crippen molar-refractivity contribution in [3.05, 3.63) is 53.6 Å². The van der Waals surface area contributed by atoms with Crippen LogP contribution >= 0.6 is 0 Å². The average molecular weight is 405 g/mol. The minimum atomic E-state index is -3.82. The summed E-state index contributed by atoms with van der Waals surface area (Å²) in [6.07, 6.45) is 0. The molecule has 0 radical (unpaired) electrons. The van der Waals surface area contributed by atoms with Crippen molar-refractivity contribution in [1.82, 2.24) is 4.72 Å². The number of nitrogens with one attached hydrogen (secondary N) is 1. The first kappa shape index (κ1) is 20.2. The minimum absolute atomic E-state index is 0.0613. The number of ether oxygens (including phenoxy) is 3. The van der Waals surface area contributed by atoms with Crippen molar-refractivity contribution < 1.29 is 27.4 Å². The number of sulfonamides is 1. The standard InChI is InChI=1S/C20H23NO6S/c1-4-25-19(22)14-5-8-16(9-6-14)28(23,24)21-20(2,3)15-7-10-17-18(13-15)27-12-11-26-17/h5-10,13,21H,4,11-12H2,1-3H3. The maximum absolute atomic E-state index is 12.8. The van der Waals surface area contributed by atoms with Crippen molar-refractivity contribution in [2.24, 2.45) is 0 Å². The van der Waals surface area contributed by atoms with E-state index in [1.54, 1.807) is 39.0 Å². The lowest BCUT2D eigenvalue weighted by Gasteiger charge is -2.28. The molecule has 0 spiro atoms. The summed E-state index contributed by atoms with van der Waals surface area (Å²) in [5.74, 6) is 0.744. The molecule has 0 bridgehead atoms. The highest BCUT2D eigenvalue weighted by atomic mass is 32.2. The van der Waals surface area contributed by atoms with E-state index >= 15 is 0 Å². The lowest BCUT2D eigenvalue weighted by molar-refractivity contribution is 0.0526. The van der Waals surface area contributed by atoms with E-state index in [1.165, 1.54) is 24.3 Å². The SMILES string of the molecule is CCOC(=O)c1ccc(S(=O)(=O)NC(C)(C)c2ccc3c(c2)OCCO3)cc1. The van der Waals surface area contributed by atoms with Gasteiger partial charge in [-0.25, -0.2) is 17.9 Å². The molecule has 1 heterocycles. The summed E-state index contributed by atoms with van der Waals surface area (Å²) in [5, 5.41) is 0. The molecule has 0 atom stereocenters. The van der Waals surface area contributed by atoms with Crippen molar-refractivity contribution in [3.8, 4) is 11.5 Å². The number of esters is 1. The van der Waals surface area contributed by atoms with Gasteiger partial charge in [-0.1, -0.05) is 6.07 Å². The molecule has 0 aromatic heterocycles. The molecule has 1 aliphatic heterocycles. The highest BCUT2D eigenvalue weighted by Crippen LogP contribution is 2.34. The summed E-state index contributed by atoms with van der Waals surface area (Å²) in [6, 6.07) is 11.0. The molecule has 1 N–H and O–H groups in total. The van der Waals surface area contributed by atoms with Gasteiger partial charge in [-0.05, 0) is 62.7 Å². The molecule has 7 nitrogen and oxygen atoms in total. The van der Waals surface area contributed by atoms with E-state index < -0.39 is 21.5 Å². The Labute approximate surface area is 164 Å². The Morgan fingerprint density at radius 1 is 1.07 bits per heavy atom. The second-order valence-corrected chi connectivity index (χ2v) is 8.52. The molecule has 8 heteroatoms. The minimum Gasteiger partial charge on any atom is -0.486 e. The first-order valence-electron chi connectivity index (χ1n) is 8.94. The van der Waals surface area contributed by atoms with Crippen molar-refractivity contribution in [2.45, 2.75) is 31.2 Å². The third kappa shape index (κ3) is 4.28. The van der Waals surface area contributed by atoms with E-state index in [4.69, 9.17) is 14.2 Å². The van der Waals surface area contributed by atoms with Crippen LogP contribution in [0.15, 0.2) is 47.4 Å². The Hall–Kier alpha value is -2.58. The van der Waals surface area contributed by atoms with Gasteiger partial charge in [0.05, 0.1) is 22.6 Å². The van der Waals surface area contributed by atoms with Crippen LogP contribution < -0.4 is 14.2 Å². The van der Waals surface area contributed by atoms with Crippen LogP contribution in [-0.2, 0) is 20.3 Å². The number of rotatable bonds is 6. The number of benzene rings is 2. The predicted octanol–water partition coefficient (Wildman–Crippen LogP) is 2.85. The Morgan fingerprint density at radius 3 is 2.36 bits per heavy atom. The van der Waals surface area contributed by atoms with E-state index in [0.29, 0.717) is 30.3 Å². The van der Waals surface area contributed by atoms with Crippen molar-refractivity contribution in [2.75, 3.05) is 19.8 Å². The highest BCUT2D eigenvalue weighted by molar-refractivity contribution is 7.89. The summed E-state index contributed by atoms with van der Waals surface area (Å²) in [6.45, 7) is 6.44. The van der Waals surface area contributed by atoms with Gasteiger partial charge in [0.2, 0.25) is 10.0 Å². The Morgan fingerprint density at radius 2 is 1.71 bits per heavy atom. The van der Waals surface area contributed by atoms with Crippen LogP contribution in [0, 0.1) is 0 Å². The van der Waals surface area contributed by atoms with Gasteiger partial charge in [0.25, 0.3) is 0 Å². The monoisotopic (exact) mass is 405 g/mol. The molecule has 3 rings (SSSR count). The van der Waals surface area contributed by atoms with Gasteiger partial charge >= 0.3 is 5.97 Å². The molecule has 0 aliphatic carbocycles. The largest absolute Gasteiger partial charge is 0.486 e. The van der Waals surface area contributed by atoms with Crippen LogP contribution in [0.4, 0.5) is 0 Å². The molecular formula is C20H23NO6S. The summed E-state index contributed by atoms with van der Waals surface area (Å²) >= 11 is 0. The number of hydrogen-bond donors (Lipinski definition) is 1. The number of carbonyl (C=O) groups excluding carboxylic acids is 1. The third-order valence-electron chi connectivity index (χ3n) is 4.33. The Balaban J connectivity index is 1.81. The highest BCUT2D eigenvalue weighted by Gasteiger charge is 2.29. The zero-order chi connectivity index (χ0) is 20.4. The molecule has 0 saturated carbocycles. The van der Waals surface area contributed by atoms with E-state index in [9.17, 15) is 13.2 Å². The summed E-state index contributed by atoms with van der Waals surface area (Å²) < 4.78 is 44.4. The normalized spacial score (nSPS) is 13.8. The average Bonchev–Trinajstić information content (AvgIpc) is 2.67. The second-order valence-electron chi connectivity index (χ2n) is 6.83. The first-order valence-corrected chi connectivity index (χ1v) is 10.4. The second kappa shape index (κ2) is 7.81. The zero-order valence-corrected chi connectivity index (χ0v) is 16.8. The maximum Gasteiger partial charge on any atom is 0.338 e. The lowest BCUT2D eigenvalue weighted by atomic mass is 9.95. The van der Waals surface area contributed by atoms with Crippen LogP contribution in [-0.4, -0.2) is 34.2 Å². The van der Waals surface area contributed by atoms with Crippen LogP contribution in [0.5, 0.6) is 11.5 Å². The fraction of sp³-hybridized carbons (Fsp3) is 0.350. The fourth-order valence-electron chi connectivity index (χ4n) is 2.87. The van der Waals surface area contributed by atoms with Gasteiger partial charge in [0, 0.05) is 0 Å². The lowest BCUT2D eigenvalue weighted by Crippen LogP contribution is -2.41. The summed E-state index contributed by atoms with van der Waals surface area (Å²) in [7, 11) is -3.82. The van der Waals surface area contributed by atoms with Crippen molar-refractivity contribution in [3.63, 3.8) is 0 Å². The molecule has 150 valence electrons. The van der Waals surface area contributed by atoms with Crippen molar-refractivity contribution >= 4 is 16.0 Å². The van der Waals surface area contributed by atoms with Crippen LogP contribution in [0.2, 0.25) is 0 Å². The van der Waals surface area contributed by atoms with Crippen LogP contribution in [0.1, 0.15) is 36.7 Å². The van der Waals surface area contributed by atoms with Gasteiger partial charge in [0.15, 0.2) is 11.5 Å². The number of fused-ring (bicyclic) bond motifs is 1. The molecule has 2 aromatic rings. The predicted molar refractivity (Wildman–Crippen MR) is 103 cm³/mol. The number of hydrogen-bond acceptors (Lipinski definition) is 6. The van der Waals surface area contributed by atoms with Gasteiger partial charge in [-0.15, -0.1) is 0 Å². The number of carbonyl (C=O) groups is 1. The van der Waals surface area contributed by atoms with Gasteiger partial charge in [0.1, 0.15) is 13.2 Å².